The van der Waals surface area contributed by atoms with Crippen LogP contribution in [0.5, 0.6) is 0 Å². The van der Waals surface area contributed by atoms with Crippen molar-refractivity contribution in [3.05, 3.63) is 17.0 Å². The summed E-state index contributed by atoms with van der Waals surface area (Å²) in [5, 5.41) is 17.6. The molecule has 1 unspecified atom stereocenters. The fourth-order valence-electron chi connectivity index (χ4n) is 2.00. The molecule has 0 fully saturated rings. The van der Waals surface area contributed by atoms with Gasteiger partial charge in [0, 0.05) is 30.9 Å². The van der Waals surface area contributed by atoms with Crippen LogP contribution in [0.1, 0.15) is 44.1 Å². The molecule has 104 valence electrons. The summed E-state index contributed by atoms with van der Waals surface area (Å²) in [4.78, 5) is 0. The third-order valence-electron chi connectivity index (χ3n) is 3.39. The van der Waals surface area contributed by atoms with E-state index in [0.717, 1.165) is 25.2 Å². The Morgan fingerprint density at radius 3 is 2.56 bits per heavy atom. The molecule has 0 aromatic carbocycles. The van der Waals surface area contributed by atoms with Crippen molar-refractivity contribution in [3.8, 4) is 0 Å². The van der Waals surface area contributed by atoms with Crippen molar-refractivity contribution in [2.24, 2.45) is 5.92 Å². The summed E-state index contributed by atoms with van der Waals surface area (Å²) < 4.78 is 2.07. The molecular formula is C14H27N3O. The van der Waals surface area contributed by atoms with E-state index in [9.17, 15) is 5.11 Å². The van der Waals surface area contributed by atoms with Crippen molar-refractivity contribution in [1.29, 1.82) is 0 Å². The third-order valence-corrected chi connectivity index (χ3v) is 3.39. The number of aliphatic hydroxyl groups excluding tert-OH is 1. The fourth-order valence-corrected chi connectivity index (χ4v) is 2.00. The molecule has 0 aliphatic rings. The lowest BCUT2D eigenvalue weighted by Gasteiger charge is -2.15. The lowest BCUT2D eigenvalue weighted by molar-refractivity contribution is 0.123. The Balaban J connectivity index is 2.57. The largest absolute Gasteiger partial charge is 0.392 e. The first-order valence-electron chi connectivity index (χ1n) is 6.89. The van der Waals surface area contributed by atoms with Crippen LogP contribution in [0.4, 0.5) is 0 Å². The number of nitrogens with zero attached hydrogens (tertiary/aromatic N) is 2. The van der Waals surface area contributed by atoms with E-state index < -0.39 is 0 Å². The van der Waals surface area contributed by atoms with E-state index >= 15 is 0 Å². The van der Waals surface area contributed by atoms with Crippen LogP contribution in [0.3, 0.4) is 0 Å². The van der Waals surface area contributed by atoms with Gasteiger partial charge in [-0.2, -0.15) is 5.10 Å². The molecule has 18 heavy (non-hydrogen) atoms. The molecule has 0 spiro atoms. The molecule has 1 atom stereocenters. The van der Waals surface area contributed by atoms with Gasteiger partial charge in [0.2, 0.25) is 0 Å². The minimum Gasteiger partial charge on any atom is -0.392 e. The highest BCUT2D eigenvalue weighted by atomic mass is 16.3. The van der Waals surface area contributed by atoms with Crippen LogP contribution >= 0.6 is 0 Å². The van der Waals surface area contributed by atoms with Crippen molar-refractivity contribution in [3.63, 3.8) is 0 Å². The van der Waals surface area contributed by atoms with Gasteiger partial charge in [0.1, 0.15) is 0 Å². The molecule has 0 aliphatic carbocycles. The van der Waals surface area contributed by atoms with E-state index in [-0.39, 0.29) is 6.10 Å². The van der Waals surface area contributed by atoms with E-state index in [1.165, 1.54) is 11.3 Å². The predicted molar refractivity (Wildman–Crippen MR) is 74.5 cm³/mol. The zero-order valence-electron chi connectivity index (χ0n) is 12.3. The van der Waals surface area contributed by atoms with Gasteiger partial charge in [-0.15, -0.1) is 0 Å². The minimum atomic E-state index is -0.281. The Morgan fingerprint density at radius 1 is 1.33 bits per heavy atom. The Bertz CT molecular complexity index is 371. The van der Waals surface area contributed by atoms with Gasteiger partial charge in [0.25, 0.3) is 0 Å². The summed E-state index contributed by atoms with van der Waals surface area (Å²) in [5.41, 5.74) is 3.59. The number of aryl methyl sites for hydroxylation is 2. The van der Waals surface area contributed by atoms with Crippen molar-refractivity contribution >= 4 is 0 Å². The second kappa shape index (κ2) is 6.90. The second-order valence-electron chi connectivity index (χ2n) is 5.31. The summed E-state index contributed by atoms with van der Waals surface area (Å²) in [5.74, 6) is 0.294. The van der Waals surface area contributed by atoms with Crippen LogP contribution in [0, 0.1) is 19.8 Å². The fraction of sp³-hybridized carbons (Fsp3) is 0.786. The average Bonchev–Trinajstić information content (AvgIpc) is 2.56. The minimum absolute atomic E-state index is 0.281. The Labute approximate surface area is 110 Å². The second-order valence-corrected chi connectivity index (χ2v) is 5.31. The van der Waals surface area contributed by atoms with Crippen molar-refractivity contribution in [2.45, 2.75) is 60.2 Å². The summed E-state index contributed by atoms with van der Waals surface area (Å²) in [6.45, 7) is 12.8. The first kappa shape index (κ1) is 15.2. The zero-order valence-corrected chi connectivity index (χ0v) is 12.3. The average molecular weight is 253 g/mol. The van der Waals surface area contributed by atoms with Crippen LogP contribution in [-0.4, -0.2) is 27.5 Å². The molecule has 1 aromatic heterocycles. The zero-order chi connectivity index (χ0) is 13.7. The molecule has 0 saturated heterocycles. The van der Waals surface area contributed by atoms with Crippen LogP contribution in [0.25, 0.3) is 0 Å². The van der Waals surface area contributed by atoms with Gasteiger partial charge >= 0.3 is 0 Å². The Morgan fingerprint density at radius 2 is 2.00 bits per heavy atom. The van der Waals surface area contributed by atoms with Gasteiger partial charge in [0.15, 0.2) is 0 Å². The molecule has 2 N–H and O–H groups in total. The van der Waals surface area contributed by atoms with Gasteiger partial charge < -0.3 is 10.4 Å². The lowest BCUT2D eigenvalue weighted by Crippen LogP contribution is -2.30. The summed E-state index contributed by atoms with van der Waals surface area (Å²) >= 11 is 0. The molecule has 0 amide bonds. The van der Waals surface area contributed by atoms with Crippen LogP contribution in [0.2, 0.25) is 0 Å². The molecular weight excluding hydrogens is 226 g/mol. The molecule has 0 radical (unpaired) electrons. The van der Waals surface area contributed by atoms with Crippen molar-refractivity contribution < 1.29 is 5.11 Å². The van der Waals surface area contributed by atoms with E-state index in [1.54, 1.807) is 0 Å². The molecule has 0 saturated carbocycles. The van der Waals surface area contributed by atoms with Gasteiger partial charge in [-0.25, -0.2) is 0 Å². The van der Waals surface area contributed by atoms with Gasteiger partial charge in [-0.3, -0.25) is 4.68 Å². The normalized spacial score (nSPS) is 13.3. The van der Waals surface area contributed by atoms with E-state index in [0.29, 0.717) is 12.5 Å². The van der Waals surface area contributed by atoms with Gasteiger partial charge in [-0.1, -0.05) is 20.8 Å². The monoisotopic (exact) mass is 253 g/mol. The first-order valence-corrected chi connectivity index (χ1v) is 6.89. The maximum Gasteiger partial charge on any atom is 0.0687 e. The van der Waals surface area contributed by atoms with E-state index in [2.05, 4.69) is 35.9 Å². The van der Waals surface area contributed by atoms with Gasteiger partial charge in [0.05, 0.1) is 11.8 Å². The molecule has 1 aromatic rings. The highest BCUT2D eigenvalue weighted by Gasteiger charge is 2.12. The van der Waals surface area contributed by atoms with E-state index in [4.69, 9.17) is 0 Å². The number of rotatable bonds is 7. The van der Waals surface area contributed by atoms with Gasteiger partial charge in [-0.05, 0) is 26.2 Å². The smallest absolute Gasteiger partial charge is 0.0687 e. The standard InChI is InChI=1S/C14H27N3O/c1-6-7-17-12(5)13(11(4)16-17)8-15-9-14(18)10(2)3/h10,14-15,18H,6-9H2,1-5H3. The number of hydrogen-bond acceptors (Lipinski definition) is 3. The molecule has 0 aliphatic heterocycles. The Hall–Kier alpha value is -0.870. The van der Waals surface area contributed by atoms with Crippen molar-refractivity contribution in [2.75, 3.05) is 6.54 Å². The number of aliphatic hydroxyl groups is 1. The number of nitrogens with one attached hydrogen (secondary N) is 1. The summed E-state index contributed by atoms with van der Waals surface area (Å²) in [6, 6.07) is 0. The molecule has 4 nitrogen and oxygen atoms in total. The van der Waals surface area contributed by atoms with E-state index in [1.807, 2.05) is 13.8 Å². The molecule has 4 heteroatoms. The SMILES string of the molecule is CCCn1nc(C)c(CNCC(O)C(C)C)c1C. The maximum absolute atomic E-state index is 9.75. The third kappa shape index (κ3) is 3.82. The van der Waals surface area contributed by atoms with Crippen LogP contribution < -0.4 is 5.32 Å². The highest BCUT2D eigenvalue weighted by Crippen LogP contribution is 2.13. The van der Waals surface area contributed by atoms with Crippen LogP contribution in [-0.2, 0) is 13.1 Å². The molecule has 1 rings (SSSR count). The predicted octanol–water partition coefficient (Wildman–Crippen LogP) is 2.02. The van der Waals surface area contributed by atoms with Crippen LogP contribution in [0.15, 0.2) is 0 Å². The first-order chi connectivity index (χ1) is 8.47. The lowest BCUT2D eigenvalue weighted by atomic mass is 10.1. The summed E-state index contributed by atoms with van der Waals surface area (Å²) in [6.07, 6.45) is 0.817. The number of aromatic nitrogens is 2. The van der Waals surface area contributed by atoms with Crippen molar-refractivity contribution in [1.82, 2.24) is 15.1 Å². The highest BCUT2D eigenvalue weighted by molar-refractivity contribution is 5.24. The maximum atomic E-state index is 9.75. The topological polar surface area (TPSA) is 50.1 Å². The summed E-state index contributed by atoms with van der Waals surface area (Å²) in [7, 11) is 0. The molecule has 1 heterocycles. The Kier molecular flexibility index (Phi) is 5.82. The quantitative estimate of drug-likeness (QED) is 0.781. The molecule has 0 bridgehead atoms. The number of hydrogen-bond donors (Lipinski definition) is 2.